The van der Waals surface area contributed by atoms with Gasteiger partial charge in [0.2, 0.25) is 12.1 Å². The van der Waals surface area contributed by atoms with Crippen LogP contribution >= 0.6 is 0 Å². The number of hydrogen-bond donors (Lipinski definition) is 2. The van der Waals surface area contributed by atoms with E-state index in [0.29, 0.717) is 35.5 Å². The van der Waals surface area contributed by atoms with Gasteiger partial charge in [-0.3, -0.25) is 9.59 Å². The molecule has 0 unspecified atom stereocenters. The first kappa shape index (κ1) is 20.6. The maximum absolute atomic E-state index is 14.8. The molecule has 0 radical (unpaired) electrons. The molecule has 0 saturated heterocycles. The summed E-state index contributed by atoms with van der Waals surface area (Å²) in [7, 11) is 0. The minimum absolute atomic E-state index is 0.277. The molecule has 2 aliphatic heterocycles. The molecule has 0 spiro atoms. The van der Waals surface area contributed by atoms with Crippen LogP contribution in [0.4, 0.5) is 15.8 Å². The van der Waals surface area contributed by atoms with Crippen molar-refractivity contribution in [3.05, 3.63) is 101 Å². The predicted molar refractivity (Wildman–Crippen MR) is 126 cm³/mol. The number of aliphatic imine (C=N–C) groups is 1. The van der Waals surface area contributed by atoms with Crippen LogP contribution in [0.15, 0.2) is 77.8 Å². The molecule has 6 nitrogen and oxygen atoms in total. The number of rotatable bonds is 4. The molecule has 7 heteroatoms. The molecule has 33 heavy (non-hydrogen) atoms. The Hall–Kier alpha value is -4.26. The molecule has 0 aliphatic carbocycles. The molecule has 164 valence electrons. The van der Waals surface area contributed by atoms with E-state index in [1.165, 1.54) is 12.1 Å². The Morgan fingerprint density at radius 2 is 1.82 bits per heavy atom. The largest absolute Gasteiger partial charge is 0.398 e. The van der Waals surface area contributed by atoms with Gasteiger partial charge < -0.3 is 16.0 Å². The molecule has 1 atom stereocenters. The lowest BCUT2D eigenvalue weighted by Crippen LogP contribution is -2.46. The number of halogens is 1. The van der Waals surface area contributed by atoms with E-state index >= 15 is 0 Å². The standard InChI is InChI=1S/C26H21FN4O2/c27-20-10-3-2-8-18(20)23-19-9-5-7-17-14-15-31(24(17)19)26(33)25(30-23)29-22(32)13-12-16-6-1-4-11-21(16)28/h1-13,25H,14-15,28H2,(H,29,32)/b13-12+/t25-/m0/s1. The zero-order valence-corrected chi connectivity index (χ0v) is 17.7. The Balaban J connectivity index is 1.54. The number of carbonyl (C=O) groups excluding carboxylic acids is 2. The smallest absolute Gasteiger partial charge is 0.272 e. The molecule has 0 fully saturated rings. The summed E-state index contributed by atoms with van der Waals surface area (Å²) >= 11 is 0. The second kappa shape index (κ2) is 8.35. The second-order valence-corrected chi connectivity index (χ2v) is 7.88. The van der Waals surface area contributed by atoms with E-state index in [9.17, 15) is 14.0 Å². The van der Waals surface area contributed by atoms with Gasteiger partial charge >= 0.3 is 0 Å². The molecule has 3 aromatic carbocycles. The predicted octanol–water partition coefficient (Wildman–Crippen LogP) is 3.30. The van der Waals surface area contributed by atoms with Crippen molar-refractivity contribution in [1.82, 2.24) is 5.32 Å². The first-order valence-corrected chi connectivity index (χ1v) is 10.6. The molecule has 0 aromatic heterocycles. The summed E-state index contributed by atoms with van der Waals surface area (Å²) in [4.78, 5) is 32.2. The Morgan fingerprint density at radius 1 is 1.06 bits per heavy atom. The van der Waals surface area contributed by atoms with E-state index in [4.69, 9.17) is 5.73 Å². The highest BCUT2D eigenvalue weighted by Gasteiger charge is 2.37. The third-order valence-corrected chi connectivity index (χ3v) is 5.83. The molecular weight excluding hydrogens is 419 g/mol. The molecule has 2 heterocycles. The normalized spacial score (nSPS) is 17.0. The number of anilines is 2. The van der Waals surface area contributed by atoms with Gasteiger partial charge in [-0.2, -0.15) is 0 Å². The van der Waals surface area contributed by atoms with Gasteiger partial charge in [0, 0.05) is 29.4 Å². The fourth-order valence-corrected chi connectivity index (χ4v) is 4.24. The number of nitrogens with two attached hydrogens (primary N) is 1. The number of benzene rings is 3. The fraction of sp³-hybridized carbons (Fsp3) is 0.115. The van der Waals surface area contributed by atoms with Crippen molar-refractivity contribution in [1.29, 1.82) is 0 Å². The fourth-order valence-electron chi connectivity index (χ4n) is 4.24. The van der Waals surface area contributed by atoms with Crippen molar-refractivity contribution in [2.45, 2.75) is 12.6 Å². The molecule has 0 bridgehead atoms. The highest BCUT2D eigenvalue weighted by atomic mass is 19.1. The van der Waals surface area contributed by atoms with Crippen LogP contribution in [-0.2, 0) is 16.0 Å². The molecule has 2 aliphatic rings. The number of nitrogens with one attached hydrogen (secondary N) is 1. The van der Waals surface area contributed by atoms with Gasteiger partial charge in [0.25, 0.3) is 5.91 Å². The zero-order valence-electron chi connectivity index (χ0n) is 17.7. The minimum Gasteiger partial charge on any atom is -0.398 e. The first-order chi connectivity index (χ1) is 16.0. The number of amides is 2. The van der Waals surface area contributed by atoms with Crippen molar-refractivity contribution in [3.8, 4) is 0 Å². The number of hydrogen-bond acceptors (Lipinski definition) is 4. The molecule has 3 N–H and O–H groups in total. The van der Waals surface area contributed by atoms with Gasteiger partial charge in [-0.15, -0.1) is 0 Å². The number of carbonyl (C=O) groups is 2. The van der Waals surface area contributed by atoms with Gasteiger partial charge in [-0.1, -0.05) is 48.5 Å². The summed E-state index contributed by atoms with van der Waals surface area (Å²) in [5.41, 5.74) is 10.2. The topological polar surface area (TPSA) is 87.8 Å². The van der Waals surface area contributed by atoms with Crippen LogP contribution in [0, 0.1) is 5.82 Å². The van der Waals surface area contributed by atoms with Crippen LogP contribution in [0.3, 0.4) is 0 Å². The average Bonchev–Trinajstić information content (AvgIpc) is 3.21. The lowest BCUT2D eigenvalue weighted by Gasteiger charge is -2.20. The summed E-state index contributed by atoms with van der Waals surface area (Å²) in [6.45, 7) is 0.480. The maximum atomic E-state index is 14.8. The third-order valence-electron chi connectivity index (χ3n) is 5.83. The van der Waals surface area contributed by atoms with Crippen LogP contribution in [0.25, 0.3) is 6.08 Å². The van der Waals surface area contributed by atoms with Crippen LogP contribution in [0.5, 0.6) is 0 Å². The van der Waals surface area contributed by atoms with Gasteiger partial charge in [0.1, 0.15) is 5.82 Å². The Kier molecular flexibility index (Phi) is 5.22. The number of nitrogen functional groups attached to an aromatic ring is 1. The van der Waals surface area contributed by atoms with E-state index in [2.05, 4.69) is 10.3 Å². The van der Waals surface area contributed by atoms with E-state index in [-0.39, 0.29) is 11.5 Å². The van der Waals surface area contributed by atoms with Crippen molar-refractivity contribution < 1.29 is 14.0 Å². The van der Waals surface area contributed by atoms with Crippen molar-refractivity contribution in [2.75, 3.05) is 17.2 Å². The number of nitrogens with zero attached hydrogens (tertiary/aromatic N) is 2. The van der Waals surface area contributed by atoms with Crippen LogP contribution in [0.2, 0.25) is 0 Å². The molecular formula is C26H21FN4O2. The zero-order chi connectivity index (χ0) is 22.9. The van der Waals surface area contributed by atoms with Gasteiger partial charge in [-0.25, -0.2) is 9.38 Å². The van der Waals surface area contributed by atoms with E-state index < -0.39 is 17.9 Å². The van der Waals surface area contributed by atoms with Crippen LogP contribution < -0.4 is 16.0 Å². The highest BCUT2D eigenvalue weighted by Crippen LogP contribution is 2.36. The lowest BCUT2D eigenvalue weighted by molar-refractivity contribution is -0.125. The second-order valence-electron chi connectivity index (χ2n) is 7.88. The summed E-state index contributed by atoms with van der Waals surface area (Å²) in [6.07, 6.45) is 2.39. The average molecular weight is 440 g/mol. The first-order valence-electron chi connectivity index (χ1n) is 10.6. The molecule has 2 amide bonds. The molecule has 3 aromatic rings. The summed E-state index contributed by atoms with van der Waals surface area (Å²) in [6, 6.07) is 19.1. The van der Waals surface area contributed by atoms with Crippen LogP contribution in [-0.4, -0.2) is 30.2 Å². The van der Waals surface area contributed by atoms with Gasteiger partial charge in [0.15, 0.2) is 0 Å². The summed E-state index contributed by atoms with van der Waals surface area (Å²) in [5, 5.41) is 2.67. The van der Waals surface area contributed by atoms with E-state index in [0.717, 1.165) is 11.3 Å². The van der Waals surface area contributed by atoms with Gasteiger partial charge in [-0.05, 0) is 41.8 Å². The van der Waals surface area contributed by atoms with Crippen molar-refractivity contribution >= 4 is 35.0 Å². The highest BCUT2D eigenvalue weighted by molar-refractivity contribution is 6.21. The Labute approximate surface area is 190 Å². The van der Waals surface area contributed by atoms with Crippen molar-refractivity contribution in [2.24, 2.45) is 4.99 Å². The Bertz CT molecular complexity index is 1330. The number of para-hydroxylation sites is 2. The minimum atomic E-state index is -1.19. The van der Waals surface area contributed by atoms with Crippen molar-refractivity contribution in [3.63, 3.8) is 0 Å². The van der Waals surface area contributed by atoms with Crippen LogP contribution in [0.1, 0.15) is 22.3 Å². The molecule has 5 rings (SSSR count). The van der Waals surface area contributed by atoms with Gasteiger partial charge in [0.05, 0.1) is 11.4 Å². The lowest BCUT2D eigenvalue weighted by atomic mass is 9.98. The van der Waals surface area contributed by atoms with E-state index in [1.54, 1.807) is 47.4 Å². The third kappa shape index (κ3) is 3.78. The molecule has 0 saturated carbocycles. The quantitative estimate of drug-likeness (QED) is 0.482. The SMILES string of the molecule is Nc1ccccc1/C=C/C(=O)N[C@H]1N=C(c2ccccc2F)c2cccc3c2N(CC3)C1=O. The summed E-state index contributed by atoms with van der Waals surface area (Å²) < 4.78 is 14.8. The Morgan fingerprint density at radius 3 is 2.64 bits per heavy atom. The van der Waals surface area contributed by atoms with E-state index in [1.807, 2.05) is 24.3 Å². The maximum Gasteiger partial charge on any atom is 0.272 e. The monoisotopic (exact) mass is 440 g/mol. The summed E-state index contributed by atoms with van der Waals surface area (Å²) in [5.74, 6) is -1.30.